The fourth-order valence-electron chi connectivity index (χ4n) is 4.36. The molecular weight excluding hydrogens is 326 g/mol. The lowest BCUT2D eigenvalue weighted by Gasteiger charge is -2.44. The number of hydrogen-bond donors (Lipinski definition) is 3. The third-order valence-electron chi connectivity index (χ3n) is 5.52. The van der Waals surface area contributed by atoms with Gasteiger partial charge in [0.1, 0.15) is 5.70 Å². The first-order valence-corrected chi connectivity index (χ1v) is 8.63. The second-order valence-corrected chi connectivity index (χ2v) is 7.50. The predicted octanol–water partition coefficient (Wildman–Crippen LogP) is -0.607. The Balaban J connectivity index is 1.71. The Labute approximate surface area is 146 Å². The SMILES string of the molecule is C[C@@H](O)[C@H]1C(=O)N2C(C(=O)O)=C(C[C@@H]3CN[C@H](C(=O)N(C)C)C3)C[C@H]12. The Hall–Kier alpha value is -1.93. The Kier molecular flexibility index (Phi) is 4.59. The molecule has 25 heavy (non-hydrogen) atoms. The summed E-state index contributed by atoms with van der Waals surface area (Å²) in [5.41, 5.74) is 0.827. The standard InChI is InChI=1S/C17H25N3O5/c1-8(21)13-12-6-10(14(17(24)25)20(12)16(13)23)4-9-5-11(18-7-9)15(22)19(2)3/h8-9,11-13,18,21H,4-7H2,1-3H3,(H,24,25)/t8-,9+,11+,12-,13-/m1/s1. The van der Waals surface area contributed by atoms with Crippen LogP contribution in [0.3, 0.4) is 0 Å². The minimum atomic E-state index is -1.10. The summed E-state index contributed by atoms with van der Waals surface area (Å²) < 4.78 is 0. The highest BCUT2D eigenvalue weighted by molar-refractivity contribution is 5.99. The number of aliphatic carboxylic acids is 1. The summed E-state index contributed by atoms with van der Waals surface area (Å²) in [5, 5.41) is 22.5. The minimum absolute atomic E-state index is 0.0227. The van der Waals surface area contributed by atoms with Crippen LogP contribution in [0.4, 0.5) is 0 Å². The van der Waals surface area contributed by atoms with E-state index in [4.69, 9.17) is 0 Å². The molecule has 0 aromatic heterocycles. The fourth-order valence-corrected chi connectivity index (χ4v) is 4.36. The van der Waals surface area contributed by atoms with Crippen molar-refractivity contribution >= 4 is 17.8 Å². The van der Waals surface area contributed by atoms with E-state index >= 15 is 0 Å². The van der Waals surface area contributed by atoms with Crippen molar-refractivity contribution in [2.24, 2.45) is 11.8 Å². The largest absolute Gasteiger partial charge is 0.477 e. The highest BCUT2D eigenvalue weighted by atomic mass is 16.4. The smallest absolute Gasteiger partial charge is 0.352 e. The number of nitrogens with one attached hydrogen (secondary N) is 1. The van der Waals surface area contributed by atoms with Gasteiger partial charge >= 0.3 is 5.97 Å². The monoisotopic (exact) mass is 351 g/mol. The summed E-state index contributed by atoms with van der Waals surface area (Å²) in [5.74, 6) is -1.73. The molecule has 0 aromatic rings. The average molecular weight is 351 g/mol. The van der Waals surface area contributed by atoms with E-state index in [1.54, 1.807) is 25.9 Å². The van der Waals surface area contributed by atoms with Crippen molar-refractivity contribution in [2.75, 3.05) is 20.6 Å². The van der Waals surface area contributed by atoms with Crippen molar-refractivity contribution in [1.29, 1.82) is 0 Å². The molecule has 5 atom stereocenters. The Morgan fingerprint density at radius 1 is 1.40 bits per heavy atom. The number of nitrogens with zero attached hydrogens (tertiary/aromatic N) is 2. The lowest BCUT2D eigenvalue weighted by molar-refractivity contribution is -0.161. The van der Waals surface area contributed by atoms with Crippen LogP contribution in [0, 0.1) is 11.8 Å². The van der Waals surface area contributed by atoms with Crippen LogP contribution in [0.1, 0.15) is 26.2 Å². The number of fused-ring (bicyclic) bond motifs is 1. The number of amides is 2. The third-order valence-corrected chi connectivity index (χ3v) is 5.52. The number of carbonyl (C=O) groups is 3. The van der Waals surface area contributed by atoms with Crippen molar-refractivity contribution in [3.8, 4) is 0 Å². The lowest BCUT2D eigenvalue weighted by atomic mass is 9.82. The molecule has 8 nitrogen and oxygen atoms in total. The fraction of sp³-hybridized carbons (Fsp3) is 0.706. The van der Waals surface area contributed by atoms with Gasteiger partial charge in [-0.25, -0.2) is 4.79 Å². The average Bonchev–Trinajstić information content (AvgIpc) is 3.09. The summed E-state index contributed by atoms with van der Waals surface area (Å²) in [6.07, 6.45) is 0.925. The molecule has 2 amide bonds. The van der Waals surface area contributed by atoms with Gasteiger partial charge in [0.25, 0.3) is 0 Å². The third kappa shape index (κ3) is 2.93. The maximum Gasteiger partial charge on any atom is 0.352 e. The number of rotatable bonds is 5. The van der Waals surface area contributed by atoms with Crippen LogP contribution >= 0.6 is 0 Å². The van der Waals surface area contributed by atoms with Gasteiger partial charge in [0.2, 0.25) is 11.8 Å². The van der Waals surface area contributed by atoms with Gasteiger partial charge in [0.05, 0.1) is 24.1 Å². The first kappa shape index (κ1) is 17.9. The molecule has 0 unspecified atom stereocenters. The quantitative estimate of drug-likeness (QED) is 0.570. The number of β-lactam (4-membered cyclic amide) rings is 1. The van der Waals surface area contributed by atoms with Gasteiger partial charge in [-0.15, -0.1) is 0 Å². The lowest BCUT2D eigenvalue weighted by Crippen LogP contribution is -2.61. The van der Waals surface area contributed by atoms with Gasteiger partial charge in [-0.2, -0.15) is 0 Å². The first-order valence-electron chi connectivity index (χ1n) is 8.63. The second-order valence-electron chi connectivity index (χ2n) is 7.50. The molecular formula is C17H25N3O5. The Morgan fingerprint density at radius 2 is 2.08 bits per heavy atom. The van der Waals surface area contributed by atoms with E-state index in [2.05, 4.69) is 5.32 Å². The van der Waals surface area contributed by atoms with E-state index < -0.39 is 18.0 Å². The first-order chi connectivity index (χ1) is 11.7. The normalized spacial score (nSPS) is 32.5. The number of likely N-dealkylation sites (N-methyl/N-ethyl adjacent to an activating group) is 1. The molecule has 0 aliphatic carbocycles. The minimum Gasteiger partial charge on any atom is -0.477 e. The molecule has 2 fully saturated rings. The van der Waals surface area contributed by atoms with E-state index in [0.717, 1.165) is 5.57 Å². The van der Waals surface area contributed by atoms with Crippen molar-refractivity contribution in [3.05, 3.63) is 11.3 Å². The van der Waals surface area contributed by atoms with Crippen molar-refractivity contribution in [1.82, 2.24) is 15.1 Å². The number of carboxylic acid groups (broad SMARTS) is 1. The van der Waals surface area contributed by atoms with E-state index in [9.17, 15) is 24.6 Å². The molecule has 0 radical (unpaired) electrons. The van der Waals surface area contributed by atoms with Crippen molar-refractivity contribution in [3.63, 3.8) is 0 Å². The molecule has 3 heterocycles. The summed E-state index contributed by atoms with van der Waals surface area (Å²) in [7, 11) is 3.43. The van der Waals surface area contributed by atoms with Crippen LogP contribution in [0.2, 0.25) is 0 Å². The summed E-state index contributed by atoms with van der Waals surface area (Å²) in [6, 6.07) is -0.485. The zero-order valence-corrected chi connectivity index (χ0v) is 14.7. The van der Waals surface area contributed by atoms with E-state index in [1.807, 2.05) is 0 Å². The van der Waals surface area contributed by atoms with Gasteiger partial charge in [0.15, 0.2) is 0 Å². The van der Waals surface area contributed by atoms with Gasteiger partial charge in [-0.1, -0.05) is 0 Å². The van der Waals surface area contributed by atoms with Crippen molar-refractivity contribution < 1.29 is 24.6 Å². The number of aliphatic hydroxyl groups excluding tert-OH is 1. The molecule has 3 N–H and O–H groups in total. The number of hydrogen-bond acceptors (Lipinski definition) is 5. The van der Waals surface area contributed by atoms with E-state index in [0.29, 0.717) is 25.8 Å². The molecule has 0 spiro atoms. The maximum absolute atomic E-state index is 12.2. The van der Waals surface area contributed by atoms with Crippen LogP contribution < -0.4 is 5.32 Å². The van der Waals surface area contributed by atoms with Gasteiger partial charge in [0, 0.05) is 14.1 Å². The Morgan fingerprint density at radius 3 is 2.64 bits per heavy atom. The van der Waals surface area contributed by atoms with Gasteiger partial charge in [-0.3, -0.25) is 9.59 Å². The number of carboxylic acids is 1. The zero-order valence-electron chi connectivity index (χ0n) is 14.7. The highest BCUT2D eigenvalue weighted by Crippen LogP contribution is 2.45. The predicted molar refractivity (Wildman–Crippen MR) is 88.3 cm³/mol. The number of carbonyl (C=O) groups excluding carboxylic acids is 2. The molecule has 0 bridgehead atoms. The summed E-state index contributed by atoms with van der Waals surface area (Å²) >= 11 is 0. The second kappa shape index (κ2) is 6.42. The van der Waals surface area contributed by atoms with E-state index in [-0.39, 0.29) is 35.5 Å². The van der Waals surface area contributed by atoms with Crippen LogP contribution in [0.15, 0.2) is 11.3 Å². The molecule has 2 saturated heterocycles. The van der Waals surface area contributed by atoms with Crippen LogP contribution in [-0.2, 0) is 14.4 Å². The molecule has 138 valence electrons. The molecule has 3 aliphatic heterocycles. The van der Waals surface area contributed by atoms with Crippen LogP contribution in [-0.4, -0.2) is 76.6 Å². The van der Waals surface area contributed by atoms with Crippen molar-refractivity contribution in [2.45, 2.75) is 44.4 Å². The van der Waals surface area contributed by atoms with Crippen LogP contribution in [0.25, 0.3) is 0 Å². The molecule has 3 rings (SSSR count). The molecule has 0 saturated carbocycles. The highest BCUT2D eigenvalue weighted by Gasteiger charge is 2.56. The molecule has 8 heteroatoms. The van der Waals surface area contributed by atoms with Gasteiger partial charge < -0.3 is 25.3 Å². The molecule has 3 aliphatic rings. The molecule has 0 aromatic carbocycles. The van der Waals surface area contributed by atoms with E-state index in [1.165, 1.54) is 4.90 Å². The van der Waals surface area contributed by atoms with Crippen LogP contribution in [0.5, 0.6) is 0 Å². The zero-order chi connectivity index (χ0) is 18.5. The maximum atomic E-state index is 12.2. The Bertz CT molecular complexity index is 642. The topological polar surface area (TPSA) is 110 Å². The number of aliphatic hydroxyl groups is 1. The summed E-state index contributed by atoms with van der Waals surface area (Å²) in [6.45, 7) is 2.22. The van der Waals surface area contributed by atoms with Gasteiger partial charge in [-0.05, 0) is 44.2 Å². The summed E-state index contributed by atoms with van der Waals surface area (Å²) in [4.78, 5) is 38.8.